The second-order valence-electron chi connectivity index (χ2n) is 8.16. The summed E-state index contributed by atoms with van der Waals surface area (Å²) in [5.41, 5.74) is 11.0. The average Bonchev–Trinajstić information content (AvgIpc) is 2.96. The number of fused-ring (bicyclic) bond motifs is 2. The summed E-state index contributed by atoms with van der Waals surface area (Å²) in [4.78, 5) is 21.8. The summed E-state index contributed by atoms with van der Waals surface area (Å²) in [5.74, 6) is 1.90. The molecule has 7 nitrogen and oxygen atoms in total. The number of hydrogen-bond acceptors (Lipinski definition) is 5. The topological polar surface area (TPSA) is 97.3 Å². The number of anilines is 2. The Hall–Kier alpha value is -3.87. The maximum atomic E-state index is 11.9. The van der Waals surface area contributed by atoms with Gasteiger partial charge in [-0.15, -0.1) is 0 Å². The van der Waals surface area contributed by atoms with E-state index in [9.17, 15) is 4.79 Å². The van der Waals surface area contributed by atoms with Crippen LogP contribution in [0.2, 0.25) is 0 Å². The lowest BCUT2D eigenvalue weighted by molar-refractivity contribution is 0.100. The molecule has 3 aromatic heterocycles. The number of pyridine rings is 1. The lowest BCUT2D eigenvalue weighted by Gasteiger charge is -2.16. The summed E-state index contributed by atoms with van der Waals surface area (Å²) in [6, 6.07) is 15.8. The monoisotopic (exact) mass is 426 g/mol. The van der Waals surface area contributed by atoms with Crippen molar-refractivity contribution in [2.75, 3.05) is 17.2 Å². The van der Waals surface area contributed by atoms with Crippen LogP contribution in [0.15, 0.2) is 54.7 Å². The van der Waals surface area contributed by atoms with E-state index in [0.29, 0.717) is 17.9 Å². The minimum atomic E-state index is -0.450. The number of aromatic nitrogens is 3. The zero-order valence-electron chi connectivity index (χ0n) is 18.1. The fourth-order valence-electron chi connectivity index (χ4n) is 4.35. The lowest BCUT2D eigenvalue weighted by Crippen LogP contribution is -2.13. The first-order valence-corrected chi connectivity index (χ1v) is 11.0. The van der Waals surface area contributed by atoms with E-state index in [0.717, 1.165) is 59.8 Å². The van der Waals surface area contributed by atoms with Crippen molar-refractivity contribution in [3.8, 4) is 11.5 Å². The average molecular weight is 427 g/mol. The van der Waals surface area contributed by atoms with Crippen LogP contribution in [0.4, 0.5) is 11.6 Å². The minimum Gasteiger partial charge on any atom is -0.370 e. The fraction of sp³-hybridized carbons (Fsp3) is 0.240. The van der Waals surface area contributed by atoms with Crippen molar-refractivity contribution < 1.29 is 4.79 Å². The van der Waals surface area contributed by atoms with Crippen LogP contribution >= 0.6 is 0 Å². The molecule has 0 aliphatic carbocycles. The largest absolute Gasteiger partial charge is 0.370 e. The first kappa shape index (κ1) is 20.1. The van der Waals surface area contributed by atoms with Crippen molar-refractivity contribution in [3.05, 3.63) is 77.0 Å². The molecule has 0 saturated carbocycles. The Balaban J connectivity index is 1.63. The summed E-state index contributed by atoms with van der Waals surface area (Å²) in [6.45, 7) is 3.58. The summed E-state index contributed by atoms with van der Waals surface area (Å²) in [7, 11) is 0. The van der Waals surface area contributed by atoms with Gasteiger partial charge in [-0.2, -0.15) is 0 Å². The molecule has 1 amide bonds. The van der Waals surface area contributed by atoms with Crippen molar-refractivity contribution >= 4 is 23.1 Å². The smallest absolute Gasteiger partial charge is 0.250 e. The van der Waals surface area contributed by atoms with Crippen LogP contribution in [0, 0.1) is 6.92 Å². The number of aryl methyl sites for hydroxylation is 1. The highest BCUT2D eigenvalue weighted by molar-refractivity contribution is 6.00. The van der Waals surface area contributed by atoms with Crippen LogP contribution < -0.4 is 16.4 Å². The number of nitrogens with one attached hydrogen (secondary N) is 2. The van der Waals surface area contributed by atoms with Crippen molar-refractivity contribution in [2.45, 2.75) is 32.7 Å². The molecule has 0 radical (unpaired) electrons. The second kappa shape index (κ2) is 8.34. The molecule has 0 fully saturated rings. The van der Waals surface area contributed by atoms with Gasteiger partial charge in [0.1, 0.15) is 11.6 Å². The van der Waals surface area contributed by atoms with Crippen LogP contribution in [-0.4, -0.2) is 26.8 Å². The highest BCUT2D eigenvalue weighted by Gasteiger charge is 2.21. The maximum absolute atomic E-state index is 11.9. The van der Waals surface area contributed by atoms with Gasteiger partial charge in [-0.05, 0) is 55.5 Å². The first-order valence-electron chi connectivity index (χ1n) is 11.0. The van der Waals surface area contributed by atoms with Crippen molar-refractivity contribution in [1.82, 2.24) is 14.4 Å². The molecule has 0 atom stereocenters. The molecule has 32 heavy (non-hydrogen) atoms. The van der Waals surface area contributed by atoms with Crippen molar-refractivity contribution in [1.29, 1.82) is 0 Å². The number of benzene rings is 1. The molecule has 4 N–H and O–H groups in total. The molecule has 4 aromatic rings. The predicted molar refractivity (Wildman–Crippen MR) is 127 cm³/mol. The Labute approximate surface area is 186 Å². The summed E-state index contributed by atoms with van der Waals surface area (Å²) >= 11 is 0. The van der Waals surface area contributed by atoms with Crippen molar-refractivity contribution in [2.24, 2.45) is 5.73 Å². The van der Waals surface area contributed by atoms with E-state index in [1.165, 1.54) is 5.56 Å². The van der Waals surface area contributed by atoms with Gasteiger partial charge in [-0.1, -0.05) is 30.3 Å². The van der Waals surface area contributed by atoms with E-state index in [1.807, 2.05) is 47.9 Å². The van der Waals surface area contributed by atoms with Gasteiger partial charge in [-0.3, -0.25) is 4.79 Å². The van der Waals surface area contributed by atoms with Crippen LogP contribution in [0.3, 0.4) is 0 Å². The van der Waals surface area contributed by atoms with Crippen LogP contribution in [-0.2, 0) is 13.0 Å². The molecule has 0 spiro atoms. The predicted octanol–water partition coefficient (Wildman–Crippen LogP) is 4.16. The molecule has 1 aliphatic rings. The van der Waals surface area contributed by atoms with Gasteiger partial charge >= 0.3 is 0 Å². The van der Waals surface area contributed by atoms with E-state index < -0.39 is 5.91 Å². The lowest BCUT2D eigenvalue weighted by atomic mass is 10.1. The third-order valence-electron chi connectivity index (χ3n) is 5.93. The number of amides is 1. The second-order valence-corrected chi connectivity index (χ2v) is 8.16. The molecule has 0 unspecified atom stereocenters. The zero-order valence-corrected chi connectivity index (χ0v) is 18.1. The number of hydrogen-bond donors (Lipinski definition) is 3. The summed E-state index contributed by atoms with van der Waals surface area (Å²) in [6.07, 6.45) is 5.04. The molecule has 5 rings (SSSR count). The number of rotatable bonds is 5. The number of primary amides is 1. The van der Waals surface area contributed by atoms with Gasteiger partial charge in [0.05, 0.1) is 16.8 Å². The van der Waals surface area contributed by atoms with E-state index in [2.05, 4.69) is 22.8 Å². The highest BCUT2D eigenvalue weighted by Crippen LogP contribution is 2.32. The van der Waals surface area contributed by atoms with Gasteiger partial charge in [0.25, 0.3) is 5.91 Å². The standard InChI is InChI=1S/C25H26N6O/c1-16-14-20-18(22(26)32)11-7-13-31(20)21(16)25-29-23-19(10-5-6-12-27-23)24(30-25)28-15-17-8-3-2-4-9-17/h2-4,7-9,11,13-14H,5-6,10,12,15H2,1H3,(H2,26,32)(H2,27,28,29,30). The molecular weight excluding hydrogens is 400 g/mol. The molecule has 7 heteroatoms. The molecule has 1 aromatic carbocycles. The van der Waals surface area contributed by atoms with Gasteiger partial charge in [-0.25, -0.2) is 9.97 Å². The Bertz CT molecular complexity index is 1300. The van der Waals surface area contributed by atoms with E-state index in [-0.39, 0.29) is 0 Å². The van der Waals surface area contributed by atoms with E-state index in [4.69, 9.17) is 15.7 Å². The highest BCUT2D eigenvalue weighted by atomic mass is 16.1. The molecule has 1 aliphatic heterocycles. The number of carbonyl (C=O) groups excluding carboxylic acids is 1. The number of carbonyl (C=O) groups is 1. The molecular formula is C25H26N6O. The SMILES string of the molecule is Cc1cc2c(C(N)=O)cccn2c1-c1nc2c(c(NCc3ccccc3)n1)CCCCN2. The van der Waals surface area contributed by atoms with Crippen LogP contribution in [0.1, 0.15) is 39.9 Å². The van der Waals surface area contributed by atoms with E-state index >= 15 is 0 Å². The summed E-state index contributed by atoms with van der Waals surface area (Å²) in [5, 5.41) is 7.03. The molecule has 0 bridgehead atoms. The Morgan fingerprint density at radius 3 is 2.81 bits per heavy atom. The van der Waals surface area contributed by atoms with Gasteiger partial charge in [0, 0.05) is 24.8 Å². The third kappa shape index (κ3) is 3.66. The van der Waals surface area contributed by atoms with Crippen LogP contribution in [0.5, 0.6) is 0 Å². The van der Waals surface area contributed by atoms with E-state index in [1.54, 1.807) is 6.07 Å². The number of nitrogens with zero attached hydrogens (tertiary/aromatic N) is 3. The Kier molecular flexibility index (Phi) is 5.23. The molecule has 162 valence electrons. The molecule has 0 saturated heterocycles. The first-order chi connectivity index (χ1) is 15.6. The van der Waals surface area contributed by atoms with Gasteiger partial charge < -0.3 is 20.8 Å². The fourth-order valence-corrected chi connectivity index (χ4v) is 4.35. The number of nitrogens with two attached hydrogens (primary N) is 1. The zero-order chi connectivity index (χ0) is 22.1. The van der Waals surface area contributed by atoms with Crippen LogP contribution in [0.25, 0.3) is 17.0 Å². The minimum absolute atomic E-state index is 0.450. The summed E-state index contributed by atoms with van der Waals surface area (Å²) < 4.78 is 1.95. The quantitative estimate of drug-likeness (QED) is 0.445. The Morgan fingerprint density at radius 1 is 1.16 bits per heavy atom. The van der Waals surface area contributed by atoms with Gasteiger partial charge in [0.2, 0.25) is 0 Å². The Morgan fingerprint density at radius 2 is 2.00 bits per heavy atom. The third-order valence-corrected chi connectivity index (χ3v) is 5.93. The normalized spacial score (nSPS) is 13.3. The molecule has 4 heterocycles. The van der Waals surface area contributed by atoms with Crippen molar-refractivity contribution in [3.63, 3.8) is 0 Å². The van der Waals surface area contributed by atoms with Gasteiger partial charge in [0.15, 0.2) is 5.82 Å². The maximum Gasteiger partial charge on any atom is 0.250 e.